The molecule has 3 nitrogen and oxygen atoms in total. The fourth-order valence-electron chi connectivity index (χ4n) is 1.40. The molecule has 0 saturated carbocycles. The van der Waals surface area contributed by atoms with Crippen molar-refractivity contribution in [2.75, 3.05) is 19.8 Å². The van der Waals surface area contributed by atoms with Crippen LogP contribution in [-0.2, 0) is 9.53 Å². The Kier molecular flexibility index (Phi) is 3.02. The van der Waals surface area contributed by atoms with Gasteiger partial charge in [-0.2, -0.15) is 0 Å². The summed E-state index contributed by atoms with van der Waals surface area (Å²) in [6.07, 6.45) is 3.25. The first kappa shape index (κ1) is 8.68. The Morgan fingerprint density at radius 3 is 2.91 bits per heavy atom. The van der Waals surface area contributed by atoms with Gasteiger partial charge in [0.2, 0.25) is 0 Å². The van der Waals surface area contributed by atoms with E-state index >= 15 is 0 Å². The van der Waals surface area contributed by atoms with Gasteiger partial charge in [-0.1, -0.05) is 0 Å². The maximum atomic E-state index is 10.7. The number of aliphatic hydroxyl groups excluding tert-OH is 1. The van der Waals surface area contributed by atoms with Crippen LogP contribution >= 0.6 is 0 Å². The molecule has 0 aromatic carbocycles. The van der Waals surface area contributed by atoms with Crippen molar-refractivity contribution in [3.8, 4) is 0 Å². The lowest BCUT2D eigenvalue weighted by Crippen LogP contribution is -2.22. The van der Waals surface area contributed by atoms with Gasteiger partial charge in [-0.25, -0.2) is 0 Å². The van der Waals surface area contributed by atoms with Crippen molar-refractivity contribution in [3.63, 3.8) is 0 Å². The molecule has 1 saturated heterocycles. The molecule has 1 heterocycles. The Labute approximate surface area is 66.4 Å². The topological polar surface area (TPSA) is 46.5 Å². The average Bonchev–Trinajstić information content (AvgIpc) is 2.50. The van der Waals surface area contributed by atoms with Crippen molar-refractivity contribution in [3.05, 3.63) is 0 Å². The van der Waals surface area contributed by atoms with E-state index in [1.165, 1.54) is 0 Å². The van der Waals surface area contributed by atoms with Crippen molar-refractivity contribution in [1.29, 1.82) is 0 Å². The Balaban J connectivity index is 2.39. The van der Waals surface area contributed by atoms with E-state index in [4.69, 9.17) is 9.84 Å². The normalized spacial score (nSPS) is 30.6. The monoisotopic (exact) mass is 158 g/mol. The Hall–Kier alpha value is -0.410. The lowest BCUT2D eigenvalue weighted by molar-refractivity contribution is -0.116. The molecule has 11 heavy (non-hydrogen) atoms. The van der Waals surface area contributed by atoms with E-state index in [1.54, 1.807) is 0 Å². The van der Waals surface area contributed by atoms with Gasteiger partial charge in [0.15, 0.2) is 0 Å². The van der Waals surface area contributed by atoms with E-state index in [0.717, 1.165) is 19.1 Å². The smallest absolute Gasteiger partial charge is 0.128 e. The number of carbonyl (C=O) groups is 1. The van der Waals surface area contributed by atoms with Crippen LogP contribution in [-0.4, -0.2) is 31.2 Å². The maximum absolute atomic E-state index is 10.7. The molecule has 0 aromatic heterocycles. The molecule has 1 fully saturated rings. The van der Waals surface area contributed by atoms with Gasteiger partial charge in [0.25, 0.3) is 0 Å². The van der Waals surface area contributed by atoms with E-state index in [1.807, 2.05) is 0 Å². The molecular formula is C8H14O3. The van der Waals surface area contributed by atoms with Gasteiger partial charge in [0.1, 0.15) is 6.29 Å². The molecule has 0 aliphatic carbocycles. The third-order valence-electron chi connectivity index (χ3n) is 2.22. The molecule has 0 bridgehead atoms. The number of rotatable bonds is 4. The van der Waals surface area contributed by atoms with Gasteiger partial charge in [-0.3, -0.25) is 0 Å². The summed E-state index contributed by atoms with van der Waals surface area (Å²) in [5.74, 6) is 0. The predicted octanol–water partition coefficient (Wildman–Crippen LogP) is 0.364. The molecule has 1 unspecified atom stereocenters. The highest BCUT2D eigenvalue weighted by Gasteiger charge is 2.33. The number of carbonyl (C=O) groups excluding carboxylic acids is 1. The summed E-state index contributed by atoms with van der Waals surface area (Å²) >= 11 is 0. The second-order valence-corrected chi connectivity index (χ2v) is 3.11. The lowest BCUT2D eigenvalue weighted by atomic mass is 9.84. The van der Waals surface area contributed by atoms with Crippen LogP contribution in [0.15, 0.2) is 0 Å². The van der Waals surface area contributed by atoms with Crippen LogP contribution in [0.4, 0.5) is 0 Å². The van der Waals surface area contributed by atoms with Crippen LogP contribution < -0.4 is 0 Å². The molecule has 1 rings (SSSR count). The van der Waals surface area contributed by atoms with Crippen LogP contribution in [0.25, 0.3) is 0 Å². The summed E-state index contributed by atoms with van der Waals surface area (Å²) < 4.78 is 5.14. The SMILES string of the molecule is O=CC1(CCCO)CCOC1. The fraction of sp³-hybridized carbons (Fsp3) is 0.875. The number of aliphatic hydroxyl groups is 1. The third-order valence-corrected chi connectivity index (χ3v) is 2.22. The van der Waals surface area contributed by atoms with Crippen LogP contribution in [0.3, 0.4) is 0 Å². The highest BCUT2D eigenvalue weighted by atomic mass is 16.5. The molecule has 1 N–H and O–H groups in total. The average molecular weight is 158 g/mol. The van der Waals surface area contributed by atoms with Gasteiger partial charge in [-0.05, 0) is 19.3 Å². The second kappa shape index (κ2) is 3.83. The number of hydrogen-bond acceptors (Lipinski definition) is 3. The van der Waals surface area contributed by atoms with Gasteiger partial charge in [0.05, 0.1) is 12.0 Å². The van der Waals surface area contributed by atoms with Crippen LogP contribution in [0.2, 0.25) is 0 Å². The summed E-state index contributed by atoms with van der Waals surface area (Å²) in [5, 5.41) is 8.58. The van der Waals surface area contributed by atoms with Crippen molar-refractivity contribution in [1.82, 2.24) is 0 Å². The second-order valence-electron chi connectivity index (χ2n) is 3.11. The van der Waals surface area contributed by atoms with Crippen molar-refractivity contribution in [2.24, 2.45) is 5.41 Å². The molecule has 1 atom stereocenters. The molecule has 1 aliphatic heterocycles. The van der Waals surface area contributed by atoms with Crippen molar-refractivity contribution >= 4 is 6.29 Å². The van der Waals surface area contributed by atoms with Gasteiger partial charge in [0, 0.05) is 13.2 Å². The summed E-state index contributed by atoms with van der Waals surface area (Å²) in [6, 6.07) is 0. The van der Waals surface area contributed by atoms with Gasteiger partial charge < -0.3 is 14.6 Å². The number of ether oxygens (including phenoxy) is 1. The highest BCUT2D eigenvalue weighted by Crippen LogP contribution is 2.30. The minimum Gasteiger partial charge on any atom is -0.396 e. The Morgan fingerprint density at radius 1 is 1.64 bits per heavy atom. The largest absolute Gasteiger partial charge is 0.396 e. The molecule has 0 amide bonds. The zero-order valence-corrected chi connectivity index (χ0v) is 6.58. The first-order valence-electron chi connectivity index (χ1n) is 3.98. The summed E-state index contributed by atoms with van der Waals surface area (Å²) in [6.45, 7) is 1.39. The summed E-state index contributed by atoms with van der Waals surface area (Å²) in [5.41, 5.74) is -0.275. The highest BCUT2D eigenvalue weighted by molar-refractivity contribution is 5.59. The standard InChI is InChI=1S/C8H14O3/c9-4-1-2-8(6-10)3-5-11-7-8/h6,9H,1-5,7H2. The zero-order chi connectivity index (χ0) is 8.16. The molecule has 1 aliphatic rings. The van der Waals surface area contributed by atoms with E-state index in [-0.39, 0.29) is 12.0 Å². The fourth-order valence-corrected chi connectivity index (χ4v) is 1.40. The van der Waals surface area contributed by atoms with Crippen LogP contribution in [0, 0.1) is 5.41 Å². The quantitative estimate of drug-likeness (QED) is 0.601. The predicted molar refractivity (Wildman–Crippen MR) is 40.3 cm³/mol. The minimum absolute atomic E-state index is 0.162. The zero-order valence-electron chi connectivity index (χ0n) is 6.58. The summed E-state index contributed by atoms with van der Waals surface area (Å²) in [4.78, 5) is 10.7. The van der Waals surface area contributed by atoms with Crippen LogP contribution in [0.5, 0.6) is 0 Å². The van der Waals surface area contributed by atoms with Gasteiger partial charge in [-0.15, -0.1) is 0 Å². The number of hydrogen-bond donors (Lipinski definition) is 1. The first-order valence-corrected chi connectivity index (χ1v) is 3.98. The molecule has 3 heteroatoms. The van der Waals surface area contributed by atoms with Gasteiger partial charge >= 0.3 is 0 Å². The molecular weight excluding hydrogens is 144 g/mol. The molecule has 0 aromatic rings. The third kappa shape index (κ3) is 2.01. The maximum Gasteiger partial charge on any atom is 0.128 e. The van der Waals surface area contributed by atoms with Crippen molar-refractivity contribution < 1.29 is 14.6 Å². The van der Waals surface area contributed by atoms with E-state index in [2.05, 4.69) is 0 Å². The van der Waals surface area contributed by atoms with E-state index < -0.39 is 0 Å². The Bertz CT molecular complexity index is 127. The first-order chi connectivity index (χ1) is 5.33. The van der Waals surface area contributed by atoms with E-state index in [0.29, 0.717) is 19.6 Å². The molecule has 64 valence electrons. The van der Waals surface area contributed by atoms with Crippen LogP contribution in [0.1, 0.15) is 19.3 Å². The molecule has 0 radical (unpaired) electrons. The number of aldehydes is 1. The molecule has 0 spiro atoms. The van der Waals surface area contributed by atoms with Crippen molar-refractivity contribution in [2.45, 2.75) is 19.3 Å². The Morgan fingerprint density at radius 2 is 2.45 bits per heavy atom. The minimum atomic E-state index is -0.275. The lowest BCUT2D eigenvalue weighted by Gasteiger charge is -2.18. The van der Waals surface area contributed by atoms with E-state index in [9.17, 15) is 4.79 Å². The summed E-state index contributed by atoms with van der Waals surface area (Å²) in [7, 11) is 0.